The summed E-state index contributed by atoms with van der Waals surface area (Å²) in [5.41, 5.74) is 6.17. The number of nitrogens with two attached hydrogens (primary N) is 2. The average molecular weight is 271 g/mol. The molecule has 9 heteroatoms. The van der Waals surface area contributed by atoms with E-state index in [4.69, 9.17) is 10.9 Å². The molecule has 1 heterocycles. The Labute approximate surface area is 102 Å². The SMILES string of the molecule is Nc1ccc(S(N)(=O)=O)cc1Sc1ncn[nH]1. The van der Waals surface area contributed by atoms with Crippen molar-refractivity contribution >= 4 is 27.5 Å². The van der Waals surface area contributed by atoms with Crippen LogP contribution in [0.15, 0.2) is 39.5 Å². The number of H-pyrrole nitrogens is 1. The van der Waals surface area contributed by atoms with Crippen molar-refractivity contribution < 1.29 is 8.42 Å². The van der Waals surface area contributed by atoms with Crippen LogP contribution in [0.1, 0.15) is 0 Å². The van der Waals surface area contributed by atoms with Gasteiger partial charge >= 0.3 is 0 Å². The normalized spacial score (nSPS) is 11.6. The number of nitrogens with one attached hydrogen (secondary N) is 1. The Balaban J connectivity index is 2.40. The summed E-state index contributed by atoms with van der Waals surface area (Å²) in [4.78, 5) is 4.46. The number of anilines is 1. The molecule has 0 aliphatic carbocycles. The van der Waals surface area contributed by atoms with E-state index < -0.39 is 10.0 Å². The molecule has 0 saturated heterocycles. The predicted octanol–water partition coefficient (Wildman–Crippen LogP) is 0.186. The van der Waals surface area contributed by atoms with Gasteiger partial charge in [0.1, 0.15) is 6.33 Å². The number of benzene rings is 1. The number of rotatable bonds is 3. The number of nitrogens with zero attached hydrogens (tertiary/aromatic N) is 2. The standard InChI is InChI=1S/C8H9N5O2S2/c9-6-2-1-5(17(10,14)15)3-7(6)16-8-11-4-12-13-8/h1-4H,9H2,(H2,10,14,15)(H,11,12,13). The number of nitrogen functional groups attached to an aromatic ring is 1. The molecule has 0 spiro atoms. The van der Waals surface area contributed by atoms with Crippen molar-refractivity contribution in [1.29, 1.82) is 0 Å². The monoisotopic (exact) mass is 271 g/mol. The number of primary sulfonamides is 1. The molecule has 0 radical (unpaired) electrons. The van der Waals surface area contributed by atoms with Crippen molar-refractivity contribution in [3.8, 4) is 0 Å². The smallest absolute Gasteiger partial charge is 0.238 e. The molecule has 0 atom stereocenters. The summed E-state index contributed by atoms with van der Waals surface area (Å²) in [6.45, 7) is 0. The Morgan fingerprint density at radius 2 is 2.12 bits per heavy atom. The van der Waals surface area contributed by atoms with Crippen LogP contribution in [-0.2, 0) is 10.0 Å². The summed E-state index contributed by atoms with van der Waals surface area (Å²) < 4.78 is 22.4. The first-order chi connectivity index (χ1) is 7.97. The highest BCUT2D eigenvalue weighted by molar-refractivity contribution is 7.99. The average Bonchev–Trinajstić information content (AvgIpc) is 2.72. The quantitative estimate of drug-likeness (QED) is 0.683. The van der Waals surface area contributed by atoms with Gasteiger partial charge in [-0.2, -0.15) is 5.10 Å². The first-order valence-corrected chi connectivity index (χ1v) is 6.78. The lowest BCUT2D eigenvalue weighted by molar-refractivity contribution is 0.597. The molecule has 0 amide bonds. The maximum atomic E-state index is 11.2. The van der Waals surface area contributed by atoms with Crippen LogP contribution in [0.2, 0.25) is 0 Å². The minimum Gasteiger partial charge on any atom is -0.398 e. The molecule has 0 fully saturated rings. The van der Waals surface area contributed by atoms with Crippen molar-refractivity contribution in [3.63, 3.8) is 0 Å². The van der Waals surface area contributed by atoms with Gasteiger partial charge in [0, 0.05) is 10.6 Å². The lowest BCUT2D eigenvalue weighted by Gasteiger charge is -2.05. The molecular formula is C8H9N5O2S2. The van der Waals surface area contributed by atoms with E-state index in [1.165, 1.54) is 36.3 Å². The van der Waals surface area contributed by atoms with Crippen LogP contribution in [0, 0.1) is 0 Å². The van der Waals surface area contributed by atoms with Gasteiger partial charge in [-0.15, -0.1) is 0 Å². The maximum absolute atomic E-state index is 11.2. The molecule has 5 N–H and O–H groups in total. The van der Waals surface area contributed by atoms with Crippen molar-refractivity contribution in [2.24, 2.45) is 5.14 Å². The summed E-state index contributed by atoms with van der Waals surface area (Å²) in [7, 11) is -3.74. The zero-order chi connectivity index (χ0) is 12.5. The number of aromatic nitrogens is 3. The minimum absolute atomic E-state index is 0.00807. The van der Waals surface area contributed by atoms with Crippen LogP contribution in [0.3, 0.4) is 0 Å². The van der Waals surface area contributed by atoms with Gasteiger partial charge in [0.2, 0.25) is 10.0 Å². The van der Waals surface area contributed by atoms with E-state index in [1.54, 1.807) is 0 Å². The highest BCUT2D eigenvalue weighted by Gasteiger charge is 2.12. The summed E-state index contributed by atoms with van der Waals surface area (Å²) >= 11 is 1.18. The minimum atomic E-state index is -3.74. The Kier molecular flexibility index (Phi) is 3.05. The van der Waals surface area contributed by atoms with Crippen LogP contribution in [0.5, 0.6) is 0 Å². The first-order valence-electron chi connectivity index (χ1n) is 4.42. The highest BCUT2D eigenvalue weighted by atomic mass is 32.2. The van der Waals surface area contributed by atoms with E-state index in [0.29, 0.717) is 15.7 Å². The van der Waals surface area contributed by atoms with E-state index in [0.717, 1.165) is 0 Å². The number of hydrogen-bond donors (Lipinski definition) is 3. The molecule has 1 aromatic heterocycles. The van der Waals surface area contributed by atoms with E-state index in [9.17, 15) is 8.42 Å². The topological polar surface area (TPSA) is 128 Å². The Bertz CT molecular complexity index is 623. The zero-order valence-corrected chi connectivity index (χ0v) is 10.1. The van der Waals surface area contributed by atoms with E-state index in [-0.39, 0.29) is 4.90 Å². The summed E-state index contributed by atoms with van der Waals surface area (Å²) in [6, 6.07) is 4.24. The molecule has 0 bridgehead atoms. The second kappa shape index (κ2) is 4.35. The Morgan fingerprint density at radius 1 is 1.35 bits per heavy atom. The summed E-state index contributed by atoms with van der Waals surface area (Å²) in [5, 5.41) is 11.9. The molecule has 90 valence electrons. The van der Waals surface area contributed by atoms with Gasteiger partial charge in [-0.25, -0.2) is 18.5 Å². The van der Waals surface area contributed by atoms with Gasteiger partial charge in [0.25, 0.3) is 0 Å². The summed E-state index contributed by atoms with van der Waals surface area (Å²) in [5.74, 6) is 0. The molecule has 0 unspecified atom stereocenters. The second-order valence-electron chi connectivity index (χ2n) is 3.14. The van der Waals surface area contributed by atoms with Gasteiger partial charge in [0.05, 0.1) is 4.90 Å². The van der Waals surface area contributed by atoms with Crippen LogP contribution in [0.4, 0.5) is 5.69 Å². The molecule has 17 heavy (non-hydrogen) atoms. The van der Waals surface area contributed by atoms with E-state index in [2.05, 4.69) is 15.2 Å². The van der Waals surface area contributed by atoms with Crippen LogP contribution in [0.25, 0.3) is 0 Å². The molecule has 1 aromatic carbocycles. The largest absolute Gasteiger partial charge is 0.398 e. The molecule has 0 saturated carbocycles. The maximum Gasteiger partial charge on any atom is 0.238 e. The molecule has 0 aliphatic rings. The van der Waals surface area contributed by atoms with Gasteiger partial charge in [-0.05, 0) is 30.0 Å². The van der Waals surface area contributed by atoms with Crippen LogP contribution in [-0.4, -0.2) is 23.6 Å². The van der Waals surface area contributed by atoms with Crippen molar-refractivity contribution in [1.82, 2.24) is 15.2 Å². The summed E-state index contributed by atoms with van der Waals surface area (Å²) in [6.07, 6.45) is 1.35. The number of sulfonamides is 1. The van der Waals surface area contributed by atoms with Gasteiger partial charge in [0.15, 0.2) is 5.16 Å². The fraction of sp³-hybridized carbons (Fsp3) is 0. The predicted molar refractivity (Wildman–Crippen MR) is 62.7 cm³/mol. The molecular weight excluding hydrogens is 262 g/mol. The number of aromatic amines is 1. The number of hydrogen-bond acceptors (Lipinski definition) is 6. The molecule has 0 aliphatic heterocycles. The van der Waals surface area contributed by atoms with Gasteiger partial charge in [-0.1, -0.05) is 0 Å². The lowest BCUT2D eigenvalue weighted by atomic mass is 10.3. The fourth-order valence-corrected chi connectivity index (χ4v) is 2.52. The van der Waals surface area contributed by atoms with Crippen LogP contribution < -0.4 is 10.9 Å². The van der Waals surface area contributed by atoms with Crippen molar-refractivity contribution in [2.45, 2.75) is 14.9 Å². The first kappa shape index (κ1) is 11.9. The molecule has 2 aromatic rings. The zero-order valence-electron chi connectivity index (χ0n) is 8.49. The fourth-order valence-electron chi connectivity index (χ4n) is 1.13. The van der Waals surface area contributed by atoms with E-state index >= 15 is 0 Å². The highest BCUT2D eigenvalue weighted by Crippen LogP contribution is 2.31. The Morgan fingerprint density at radius 3 is 2.71 bits per heavy atom. The second-order valence-corrected chi connectivity index (χ2v) is 5.73. The molecule has 2 rings (SSSR count). The van der Waals surface area contributed by atoms with Crippen molar-refractivity contribution in [3.05, 3.63) is 24.5 Å². The van der Waals surface area contributed by atoms with Gasteiger partial charge < -0.3 is 5.73 Å². The third kappa shape index (κ3) is 2.75. The molecule has 7 nitrogen and oxygen atoms in total. The third-order valence-corrected chi connectivity index (χ3v) is 3.79. The van der Waals surface area contributed by atoms with Crippen molar-refractivity contribution in [2.75, 3.05) is 5.73 Å². The third-order valence-electron chi connectivity index (χ3n) is 1.91. The van der Waals surface area contributed by atoms with E-state index in [1.807, 2.05) is 0 Å². The Hall–Kier alpha value is -1.58. The lowest BCUT2D eigenvalue weighted by Crippen LogP contribution is -2.12. The van der Waals surface area contributed by atoms with Gasteiger partial charge in [-0.3, -0.25) is 5.10 Å². The van der Waals surface area contributed by atoms with Crippen LogP contribution >= 0.6 is 11.8 Å².